The summed E-state index contributed by atoms with van der Waals surface area (Å²) < 4.78 is 12.8. The van der Waals surface area contributed by atoms with Crippen molar-refractivity contribution in [2.45, 2.75) is 26.2 Å². The van der Waals surface area contributed by atoms with E-state index >= 15 is 0 Å². The molecule has 5 heteroatoms. The maximum atomic E-state index is 12.8. The first-order valence-corrected chi connectivity index (χ1v) is 7.40. The Morgan fingerprint density at radius 1 is 1.38 bits per heavy atom. The van der Waals surface area contributed by atoms with Crippen molar-refractivity contribution < 1.29 is 14.0 Å². The summed E-state index contributed by atoms with van der Waals surface area (Å²) in [6.07, 6.45) is 1.86. The molecule has 1 aromatic rings. The molecule has 1 aliphatic heterocycles. The van der Waals surface area contributed by atoms with Gasteiger partial charge >= 0.3 is 0 Å². The Hall–Kier alpha value is -1.91. The van der Waals surface area contributed by atoms with E-state index in [9.17, 15) is 14.0 Å². The van der Waals surface area contributed by atoms with Crippen LogP contribution in [0.15, 0.2) is 24.3 Å². The zero-order valence-corrected chi connectivity index (χ0v) is 12.3. The second-order valence-corrected chi connectivity index (χ2v) is 5.41. The number of halogens is 1. The third-order valence-electron chi connectivity index (χ3n) is 3.72. The number of benzene rings is 1. The third-order valence-corrected chi connectivity index (χ3v) is 3.72. The van der Waals surface area contributed by atoms with Crippen LogP contribution in [0.5, 0.6) is 0 Å². The van der Waals surface area contributed by atoms with Crippen molar-refractivity contribution in [2.24, 2.45) is 5.92 Å². The zero-order valence-electron chi connectivity index (χ0n) is 12.3. The predicted molar refractivity (Wildman–Crippen MR) is 78.1 cm³/mol. The lowest BCUT2D eigenvalue weighted by atomic mass is 10.1. The van der Waals surface area contributed by atoms with Gasteiger partial charge in [-0.05, 0) is 30.5 Å². The molecule has 0 bridgehead atoms. The Kier molecular flexibility index (Phi) is 5.31. The number of hydrogen-bond acceptors (Lipinski definition) is 2. The summed E-state index contributed by atoms with van der Waals surface area (Å²) in [7, 11) is 0. The van der Waals surface area contributed by atoms with E-state index in [2.05, 4.69) is 5.32 Å². The second kappa shape index (κ2) is 7.20. The number of amides is 2. The smallest absolute Gasteiger partial charge is 0.225 e. The highest BCUT2D eigenvalue weighted by Crippen LogP contribution is 2.18. The highest BCUT2D eigenvalue weighted by Gasteiger charge is 2.33. The lowest BCUT2D eigenvalue weighted by Gasteiger charge is -2.16. The molecule has 114 valence electrons. The van der Waals surface area contributed by atoms with E-state index in [-0.39, 0.29) is 23.5 Å². The van der Waals surface area contributed by atoms with Crippen molar-refractivity contribution in [3.05, 3.63) is 35.6 Å². The van der Waals surface area contributed by atoms with Crippen LogP contribution in [0.2, 0.25) is 0 Å². The fourth-order valence-electron chi connectivity index (χ4n) is 2.47. The summed E-state index contributed by atoms with van der Waals surface area (Å²) in [6.45, 7) is 3.70. The monoisotopic (exact) mass is 292 g/mol. The Balaban J connectivity index is 1.83. The number of rotatable bonds is 6. The molecular weight excluding hydrogens is 271 g/mol. The lowest BCUT2D eigenvalue weighted by molar-refractivity contribution is -0.129. The van der Waals surface area contributed by atoms with Gasteiger partial charge in [-0.2, -0.15) is 0 Å². The van der Waals surface area contributed by atoms with Crippen LogP contribution >= 0.6 is 0 Å². The Bertz CT molecular complexity index is 502. The summed E-state index contributed by atoms with van der Waals surface area (Å²) in [5.41, 5.74) is 0.989. The van der Waals surface area contributed by atoms with Crippen molar-refractivity contribution >= 4 is 11.8 Å². The maximum absolute atomic E-state index is 12.8. The Labute approximate surface area is 124 Å². The molecule has 2 rings (SSSR count). The third kappa shape index (κ3) is 4.28. The summed E-state index contributed by atoms with van der Waals surface area (Å²) in [5, 5.41) is 2.84. The molecule has 1 saturated heterocycles. The van der Waals surface area contributed by atoms with Gasteiger partial charge in [0.25, 0.3) is 0 Å². The first-order valence-electron chi connectivity index (χ1n) is 7.40. The standard InChI is InChI=1S/C16H21FN2O2/c1-2-8-18-16(21)13-10-15(20)19(11-13)9-7-12-3-5-14(17)6-4-12/h3-6,13H,2,7-11H2,1H3,(H,18,21). The van der Waals surface area contributed by atoms with E-state index in [1.54, 1.807) is 17.0 Å². The number of carbonyl (C=O) groups excluding carboxylic acids is 2. The Morgan fingerprint density at radius 2 is 2.10 bits per heavy atom. The fourth-order valence-corrected chi connectivity index (χ4v) is 2.47. The van der Waals surface area contributed by atoms with E-state index in [4.69, 9.17) is 0 Å². The van der Waals surface area contributed by atoms with Crippen molar-refractivity contribution in [1.29, 1.82) is 0 Å². The summed E-state index contributed by atoms with van der Waals surface area (Å²) in [4.78, 5) is 25.5. The molecule has 0 radical (unpaired) electrons. The number of carbonyl (C=O) groups is 2. The average molecular weight is 292 g/mol. The predicted octanol–water partition coefficient (Wildman–Crippen LogP) is 1.74. The normalized spacial score (nSPS) is 18.1. The minimum Gasteiger partial charge on any atom is -0.356 e. The van der Waals surface area contributed by atoms with Crippen LogP contribution < -0.4 is 5.32 Å². The van der Waals surface area contributed by atoms with Gasteiger partial charge in [0.05, 0.1) is 5.92 Å². The van der Waals surface area contributed by atoms with Gasteiger partial charge in [-0.15, -0.1) is 0 Å². The first kappa shape index (κ1) is 15.5. The second-order valence-electron chi connectivity index (χ2n) is 5.41. The van der Waals surface area contributed by atoms with Gasteiger partial charge in [-0.25, -0.2) is 4.39 Å². The number of hydrogen-bond donors (Lipinski definition) is 1. The number of nitrogens with zero attached hydrogens (tertiary/aromatic N) is 1. The minimum atomic E-state index is -0.261. The summed E-state index contributed by atoms with van der Waals surface area (Å²) >= 11 is 0. The van der Waals surface area contributed by atoms with Gasteiger partial charge in [0.1, 0.15) is 5.82 Å². The molecule has 1 fully saturated rings. The quantitative estimate of drug-likeness (QED) is 0.868. The number of likely N-dealkylation sites (tertiary alicyclic amines) is 1. The van der Waals surface area contributed by atoms with E-state index in [1.165, 1.54) is 12.1 Å². The molecule has 4 nitrogen and oxygen atoms in total. The zero-order chi connectivity index (χ0) is 15.2. The molecule has 1 unspecified atom stereocenters. The van der Waals surface area contributed by atoms with E-state index < -0.39 is 0 Å². The lowest BCUT2D eigenvalue weighted by Crippen LogP contribution is -2.33. The van der Waals surface area contributed by atoms with E-state index in [1.807, 2.05) is 6.92 Å². The van der Waals surface area contributed by atoms with Gasteiger partial charge in [0.15, 0.2) is 0 Å². The van der Waals surface area contributed by atoms with Crippen LogP contribution in [-0.2, 0) is 16.0 Å². The largest absolute Gasteiger partial charge is 0.356 e. The van der Waals surface area contributed by atoms with Gasteiger partial charge < -0.3 is 10.2 Å². The van der Waals surface area contributed by atoms with Crippen LogP contribution in [0.25, 0.3) is 0 Å². The first-order chi connectivity index (χ1) is 10.1. The molecule has 21 heavy (non-hydrogen) atoms. The molecule has 0 spiro atoms. The summed E-state index contributed by atoms with van der Waals surface area (Å²) in [5.74, 6) is -0.510. The molecule has 1 N–H and O–H groups in total. The molecule has 0 aromatic heterocycles. The highest BCUT2D eigenvalue weighted by atomic mass is 19.1. The van der Waals surface area contributed by atoms with E-state index in [0.29, 0.717) is 32.5 Å². The van der Waals surface area contributed by atoms with Crippen LogP contribution in [0.1, 0.15) is 25.3 Å². The molecule has 1 aliphatic rings. The van der Waals surface area contributed by atoms with Crippen LogP contribution in [0, 0.1) is 11.7 Å². The van der Waals surface area contributed by atoms with Gasteiger partial charge in [-0.3, -0.25) is 9.59 Å². The number of nitrogens with one attached hydrogen (secondary N) is 1. The van der Waals surface area contributed by atoms with Crippen molar-refractivity contribution in [3.63, 3.8) is 0 Å². The molecule has 1 atom stereocenters. The SMILES string of the molecule is CCCNC(=O)C1CC(=O)N(CCc2ccc(F)cc2)C1. The molecule has 0 aliphatic carbocycles. The molecule has 2 amide bonds. The van der Waals surface area contributed by atoms with E-state index in [0.717, 1.165) is 12.0 Å². The van der Waals surface area contributed by atoms with Gasteiger partial charge in [-0.1, -0.05) is 19.1 Å². The minimum absolute atomic E-state index is 0.0220. The van der Waals surface area contributed by atoms with Crippen molar-refractivity contribution in [1.82, 2.24) is 10.2 Å². The average Bonchev–Trinajstić information content (AvgIpc) is 2.85. The maximum Gasteiger partial charge on any atom is 0.225 e. The van der Waals surface area contributed by atoms with Crippen molar-refractivity contribution in [3.8, 4) is 0 Å². The van der Waals surface area contributed by atoms with Gasteiger partial charge in [0, 0.05) is 26.1 Å². The molecule has 0 saturated carbocycles. The van der Waals surface area contributed by atoms with Crippen LogP contribution in [-0.4, -0.2) is 36.3 Å². The van der Waals surface area contributed by atoms with Crippen molar-refractivity contribution in [2.75, 3.05) is 19.6 Å². The van der Waals surface area contributed by atoms with Crippen LogP contribution in [0.3, 0.4) is 0 Å². The van der Waals surface area contributed by atoms with Gasteiger partial charge in [0.2, 0.25) is 11.8 Å². The molecule has 1 aromatic carbocycles. The Morgan fingerprint density at radius 3 is 2.76 bits per heavy atom. The molecule has 1 heterocycles. The fraction of sp³-hybridized carbons (Fsp3) is 0.500. The topological polar surface area (TPSA) is 49.4 Å². The van der Waals surface area contributed by atoms with Crippen LogP contribution in [0.4, 0.5) is 4.39 Å². The highest BCUT2D eigenvalue weighted by molar-refractivity contribution is 5.89. The molecular formula is C16H21FN2O2. The summed E-state index contributed by atoms with van der Waals surface area (Å²) in [6, 6.07) is 6.28.